The average molecular weight is 173 g/mol. The molecule has 0 fully saturated rings. The first-order chi connectivity index (χ1) is 5.19. The maximum absolute atomic E-state index is 11.1. The molecule has 0 aliphatic carbocycles. The van der Waals surface area contributed by atoms with Crippen LogP contribution in [0.15, 0.2) is 0 Å². The van der Waals surface area contributed by atoms with Gasteiger partial charge in [0.1, 0.15) is 5.60 Å². The summed E-state index contributed by atoms with van der Waals surface area (Å²) in [5.41, 5.74) is 3.18. The molecule has 0 saturated carbocycles. The van der Waals surface area contributed by atoms with Crippen molar-refractivity contribution < 1.29 is 14.3 Å². The molecule has 0 bridgehead atoms. The number of aldehydes is 1. The van der Waals surface area contributed by atoms with Crippen LogP contribution in [-0.4, -0.2) is 23.4 Å². The minimum atomic E-state index is -1.53. The zero-order valence-electron chi connectivity index (χ0n) is 7.88. The lowest BCUT2D eigenvalue weighted by atomic mass is 10.1. The molecule has 0 aromatic heterocycles. The first-order valence-electron chi connectivity index (χ1n) is 3.68. The SMILES string of the molecule is CC(C)(C)OC(=O)[C@@](C)(N)C=O. The second kappa shape index (κ2) is 3.23. The Bertz CT molecular complexity index is 191. The molecule has 0 saturated heterocycles. The molecule has 0 radical (unpaired) electrons. The predicted molar refractivity (Wildman–Crippen MR) is 44.5 cm³/mol. The van der Waals surface area contributed by atoms with E-state index in [1.165, 1.54) is 6.92 Å². The van der Waals surface area contributed by atoms with E-state index < -0.39 is 17.1 Å². The summed E-state index contributed by atoms with van der Waals surface area (Å²) < 4.78 is 4.90. The minimum Gasteiger partial charge on any atom is -0.458 e. The zero-order valence-corrected chi connectivity index (χ0v) is 7.88. The molecule has 0 spiro atoms. The first kappa shape index (κ1) is 11.1. The van der Waals surface area contributed by atoms with Gasteiger partial charge in [0.15, 0.2) is 11.8 Å². The summed E-state index contributed by atoms with van der Waals surface area (Å²) in [6, 6.07) is 0. The van der Waals surface area contributed by atoms with Crippen LogP contribution in [0.3, 0.4) is 0 Å². The van der Waals surface area contributed by atoms with Crippen LogP contribution in [0.1, 0.15) is 27.7 Å². The van der Waals surface area contributed by atoms with Crippen molar-refractivity contribution in [1.82, 2.24) is 0 Å². The van der Waals surface area contributed by atoms with Gasteiger partial charge >= 0.3 is 5.97 Å². The van der Waals surface area contributed by atoms with E-state index in [1.807, 2.05) is 0 Å². The largest absolute Gasteiger partial charge is 0.458 e. The molecular formula is C8H15NO3. The summed E-state index contributed by atoms with van der Waals surface area (Å²) in [6.07, 6.45) is 0.376. The second-order valence-corrected chi connectivity index (χ2v) is 3.90. The van der Waals surface area contributed by atoms with Crippen LogP contribution < -0.4 is 5.73 Å². The van der Waals surface area contributed by atoms with E-state index in [0.717, 1.165) is 0 Å². The highest BCUT2D eigenvalue weighted by atomic mass is 16.6. The summed E-state index contributed by atoms with van der Waals surface area (Å²) >= 11 is 0. The minimum absolute atomic E-state index is 0.376. The van der Waals surface area contributed by atoms with Crippen molar-refractivity contribution in [3.8, 4) is 0 Å². The summed E-state index contributed by atoms with van der Waals surface area (Å²) in [7, 11) is 0. The third-order valence-electron chi connectivity index (χ3n) is 1.08. The number of nitrogens with two attached hydrogens (primary N) is 1. The molecule has 0 aromatic carbocycles. The van der Waals surface area contributed by atoms with Crippen LogP contribution >= 0.6 is 0 Å². The topological polar surface area (TPSA) is 69.4 Å². The van der Waals surface area contributed by atoms with Gasteiger partial charge < -0.3 is 15.3 Å². The van der Waals surface area contributed by atoms with Gasteiger partial charge in [0, 0.05) is 0 Å². The van der Waals surface area contributed by atoms with Crippen LogP contribution in [-0.2, 0) is 14.3 Å². The summed E-state index contributed by atoms with van der Waals surface area (Å²) in [6.45, 7) is 6.46. The quantitative estimate of drug-likeness (QED) is 0.369. The predicted octanol–water partition coefficient (Wildman–Crippen LogP) is 0.244. The Morgan fingerprint density at radius 1 is 1.33 bits per heavy atom. The molecule has 4 nitrogen and oxygen atoms in total. The Labute approximate surface area is 72.1 Å². The van der Waals surface area contributed by atoms with Crippen molar-refractivity contribution in [2.24, 2.45) is 5.73 Å². The Morgan fingerprint density at radius 3 is 2.00 bits per heavy atom. The highest BCUT2D eigenvalue weighted by Crippen LogP contribution is 2.10. The van der Waals surface area contributed by atoms with Gasteiger partial charge in [-0.15, -0.1) is 0 Å². The summed E-state index contributed by atoms with van der Waals surface area (Å²) in [5, 5.41) is 0. The monoisotopic (exact) mass is 173 g/mol. The van der Waals surface area contributed by atoms with Gasteiger partial charge in [-0.25, -0.2) is 4.79 Å². The Balaban J connectivity index is 4.33. The lowest BCUT2D eigenvalue weighted by Gasteiger charge is -2.24. The van der Waals surface area contributed by atoms with E-state index in [2.05, 4.69) is 0 Å². The fourth-order valence-corrected chi connectivity index (χ4v) is 0.436. The maximum atomic E-state index is 11.1. The van der Waals surface area contributed by atoms with Gasteiger partial charge in [-0.05, 0) is 27.7 Å². The number of hydrogen-bond acceptors (Lipinski definition) is 4. The molecule has 0 aliphatic rings. The van der Waals surface area contributed by atoms with Crippen molar-refractivity contribution in [3.05, 3.63) is 0 Å². The lowest BCUT2D eigenvalue weighted by molar-refractivity contribution is -0.161. The van der Waals surface area contributed by atoms with Gasteiger partial charge in [-0.3, -0.25) is 0 Å². The third kappa shape index (κ3) is 3.48. The molecule has 4 heteroatoms. The van der Waals surface area contributed by atoms with Crippen molar-refractivity contribution >= 4 is 12.3 Å². The molecule has 70 valence electrons. The normalized spacial score (nSPS) is 16.4. The van der Waals surface area contributed by atoms with E-state index in [0.29, 0.717) is 6.29 Å². The van der Waals surface area contributed by atoms with Gasteiger partial charge in [0.25, 0.3) is 0 Å². The average Bonchev–Trinajstić information content (AvgIpc) is 1.84. The molecule has 0 rings (SSSR count). The number of hydrogen-bond donors (Lipinski definition) is 1. The fraction of sp³-hybridized carbons (Fsp3) is 0.750. The molecule has 0 aliphatic heterocycles. The van der Waals surface area contributed by atoms with Gasteiger partial charge in [0.2, 0.25) is 0 Å². The summed E-state index contributed by atoms with van der Waals surface area (Å²) in [4.78, 5) is 21.5. The fourth-order valence-electron chi connectivity index (χ4n) is 0.436. The molecule has 0 heterocycles. The smallest absolute Gasteiger partial charge is 0.333 e. The van der Waals surface area contributed by atoms with Gasteiger partial charge in [-0.1, -0.05) is 0 Å². The number of esters is 1. The van der Waals surface area contributed by atoms with E-state index >= 15 is 0 Å². The van der Waals surface area contributed by atoms with Crippen molar-refractivity contribution in [2.45, 2.75) is 38.8 Å². The number of carbonyl (C=O) groups is 2. The van der Waals surface area contributed by atoms with E-state index in [-0.39, 0.29) is 0 Å². The number of carbonyl (C=O) groups excluding carboxylic acids is 2. The summed E-state index contributed by atoms with van der Waals surface area (Å²) in [5.74, 6) is -0.704. The standard InChI is InChI=1S/C8H15NO3/c1-7(2,3)12-6(11)8(4,9)5-10/h5H,9H2,1-4H3/t8-/m0/s1. The molecule has 0 amide bonds. The van der Waals surface area contributed by atoms with Crippen LogP contribution in [0.25, 0.3) is 0 Å². The Hall–Kier alpha value is -0.900. The van der Waals surface area contributed by atoms with E-state index in [9.17, 15) is 9.59 Å². The Kier molecular flexibility index (Phi) is 2.98. The zero-order chi connectivity index (χ0) is 9.99. The molecule has 12 heavy (non-hydrogen) atoms. The number of rotatable bonds is 2. The Morgan fingerprint density at radius 2 is 1.75 bits per heavy atom. The molecule has 1 atom stereocenters. The van der Waals surface area contributed by atoms with Gasteiger partial charge in [0.05, 0.1) is 0 Å². The third-order valence-corrected chi connectivity index (χ3v) is 1.08. The van der Waals surface area contributed by atoms with Crippen LogP contribution in [0.2, 0.25) is 0 Å². The van der Waals surface area contributed by atoms with Crippen LogP contribution in [0, 0.1) is 0 Å². The van der Waals surface area contributed by atoms with Gasteiger partial charge in [-0.2, -0.15) is 0 Å². The van der Waals surface area contributed by atoms with Crippen LogP contribution in [0.4, 0.5) is 0 Å². The van der Waals surface area contributed by atoms with E-state index in [4.69, 9.17) is 10.5 Å². The molecular weight excluding hydrogens is 158 g/mol. The second-order valence-electron chi connectivity index (χ2n) is 3.90. The highest BCUT2D eigenvalue weighted by Gasteiger charge is 2.32. The maximum Gasteiger partial charge on any atom is 0.333 e. The highest BCUT2D eigenvalue weighted by molar-refractivity contribution is 5.97. The van der Waals surface area contributed by atoms with E-state index in [1.54, 1.807) is 20.8 Å². The van der Waals surface area contributed by atoms with Crippen molar-refractivity contribution in [3.63, 3.8) is 0 Å². The first-order valence-corrected chi connectivity index (χ1v) is 3.68. The van der Waals surface area contributed by atoms with Crippen molar-refractivity contribution in [2.75, 3.05) is 0 Å². The number of ether oxygens (including phenoxy) is 1. The molecule has 0 unspecified atom stereocenters. The molecule has 0 aromatic rings. The van der Waals surface area contributed by atoms with Crippen LogP contribution in [0.5, 0.6) is 0 Å². The lowest BCUT2D eigenvalue weighted by Crippen LogP contribution is -2.49. The molecule has 2 N–H and O–H groups in total. The van der Waals surface area contributed by atoms with Crippen molar-refractivity contribution in [1.29, 1.82) is 0 Å².